The lowest BCUT2D eigenvalue weighted by atomic mass is 9.97. The minimum absolute atomic E-state index is 0.0118. The summed E-state index contributed by atoms with van der Waals surface area (Å²) in [6.07, 6.45) is 4.53. The smallest absolute Gasteiger partial charge is 0.350 e. The SMILES string of the molecule is Cc1nc(C)c(C(=O)OCc2nc(N)c3c4c(sc3n2)CCCC4)s1. The lowest BCUT2D eigenvalue weighted by molar-refractivity contribution is 0.0467. The molecule has 0 radical (unpaired) electrons. The van der Waals surface area contributed by atoms with E-state index in [9.17, 15) is 4.79 Å². The summed E-state index contributed by atoms with van der Waals surface area (Å²) in [6.45, 7) is 3.68. The van der Waals surface area contributed by atoms with Crippen LogP contribution in [0.5, 0.6) is 0 Å². The fourth-order valence-corrected chi connectivity index (χ4v) is 5.31. The summed E-state index contributed by atoms with van der Waals surface area (Å²) >= 11 is 3.02. The van der Waals surface area contributed by atoms with Crippen molar-refractivity contribution in [2.24, 2.45) is 0 Å². The van der Waals surface area contributed by atoms with E-state index in [1.807, 2.05) is 6.92 Å². The van der Waals surface area contributed by atoms with Gasteiger partial charge in [-0.25, -0.2) is 19.7 Å². The van der Waals surface area contributed by atoms with Gasteiger partial charge in [-0.3, -0.25) is 0 Å². The molecule has 0 fully saturated rings. The van der Waals surface area contributed by atoms with Crippen LogP contribution in [-0.4, -0.2) is 20.9 Å². The molecule has 25 heavy (non-hydrogen) atoms. The average molecular weight is 374 g/mol. The van der Waals surface area contributed by atoms with E-state index in [2.05, 4.69) is 15.0 Å². The molecular weight excluding hydrogens is 356 g/mol. The number of carbonyl (C=O) groups is 1. The van der Waals surface area contributed by atoms with Crippen molar-refractivity contribution in [2.45, 2.75) is 46.1 Å². The zero-order valence-electron chi connectivity index (χ0n) is 14.1. The van der Waals surface area contributed by atoms with Gasteiger partial charge >= 0.3 is 5.97 Å². The maximum Gasteiger partial charge on any atom is 0.350 e. The van der Waals surface area contributed by atoms with Gasteiger partial charge < -0.3 is 10.5 Å². The second-order valence-corrected chi connectivity index (χ2v) is 8.43. The van der Waals surface area contributed by atoms with Crippen molar-refractivity contribution in [3.05, 3.63) is 31.8 Å². The second kappa shape index (κ2) is 6.34. The van der Waals surface area contributed by atoms with E-state index < -0.39 is 5.97 Å². The number of thiophene rings is 1. The van der Waals surface area contributed by atoms with Crippen LogP contribution in [0.15, 0.2) is 0 Å². The average Bonchev–Trinajstić information content (AvgIpc) is 3.12. The number of rotatable bonds is 3. The normalized spacial score (nSPS) is 13.8. The fourth-order valence-electron chi connectivity index (χ4n) is 3.21. The molecule has 130 valence electrons. The highest BCUT2D eigenvalue weighted by Gasteiger charge is 2.21. The summed E-state index contributed by atoms with van der Waals surface area (Å²) in [5.41, 5.74) is 8.18. The van der Waals surface area contributed by atoms with Crippen molar-refractivity contribution in [1.82, 2.24) is 15.0 Å². The molecule has 2 N–H and O–H groups in total. The Bertz CT molecular complexity index is 977. The van der Waals surface area contributed by atoms with Crippen LogP contribution >= 0.6 is 22.7 Å². The largest absolute Gasteiger partial charge is 0.453 e. The van der Waals surface area contributed by atoms with Gasteiger partial charge in [-0.05, 0) is 45.1 Å². The number of thiazole rings is 1. The number of nitrogens with two attached hydrogens (primary N) is 1. The number of hydrogen-bond donors (Lipinski definition) is 1. The Hall–Kier alpha value is -2.06. The Morgan fingerprint density at radius 2 is 1.96 bits per heavy atom. The van der Waals surface area contributed by atoms with Gasteiger partial charge in [0, 0.05) is 4.88 Å². The van der Waals surface area contributed by atoms with Crippen LogP contribution in [0.3, 0.4) is 0 Å². The maximum absolute atomic E-state index is 12.2. The lowest BCUT2D eigenvalue weighted by Gasteiger charge is -2.10. The van der Waals surface area contributed by atoms with Crippen molar-refractivity contribution in [2.75, 3.05) is 5.73 Å². The summed E-state index contributed by atoms with van der Waals surface area (Å²) in [4.78, 5) is 28.2. The summed E-state index contributed by atoms with van der Waals surface area (Å²) in [7, 11) is 0. The van der Waals surface area contributed by atoms with E-state index in [4.69, 9.17) is 10.5 Å². The summed E-state index contributed by atoms with van der Waals surface area (Å²) in [5.74, 6) is 0.534. The van der Waals surface area contributed by atoms with Gasteiger partial charge in [-0.2, -0.15) is 0 Å². The van der Waals surface area contributed by atoms with Gasteiger partial charge in [0.05, 0.1) is 16.1 Å². The highest BCUT2D eigenvalue weighted by molar-refractivity contribution is 7.19. The quantitative estimate of drug-likeness (QED) is 0.705. The molecule has 8 heteroatoms. The summed E-state index contributed by atoms with van der Waals surface area (Å²) in [6, 6.07) is 0. The van der Waals surface area contributed by atoms with Gasteiger partial charge in [0.1, 0.15) is 15.5 Å². The van der Waals surface area contributed by atoms with Crippen molar-refractivity contribution < 1.29 is 9.53 Å². The molecular formula is C17H18N4O2S2. The minimum atomic E-state index is -0.393. The standard InChI is InChI=1S/C17H18N4O2S2/c1-8-14(24-9(2)19-8)17(22)23-7-12-20-15(18)13-10-5-3-4-6-11(10)25-16(13)21-12/h3-7H2,1-2H3,(H2,18,20,21). The predicted octanol–water partition coefficient (Wildman–Crippen LogP) is 3.58. The molecule has 0 aliphatic heterocycles. The Kier molecular flexibility index (Phi) is 4.16. The molecule has 1 aliphatic rings. The van der Waals surface area contributed by atoms with Crippen molar-refractivity contribution in [3.63, 3.8) is 0 Å². The van der Waals surface area contributed by atoms with Crippen LogP contribution in [0, 0.1) is 13.8 Å². The highest BCUT2D eigenvalue weighted by Crippen LogP contribution is 2.37. The third kappa shape index (κ3) is 3.00. The first kappa shape index (κ1) is 16.4. The van der Waals surface area contributed by atoms with E-state index in [1.54, 1.807) is 18.3 Å². The van der Waals surface area contributed by atoms with Crippen LogP contribution in [0.1, 0.15) is 49.5 Å². The topological polar surface area (TPSA) is 91.0 Å². The number of aromatic nitrogens is 3. The number of carbonyl (C=O) groups excluding carboxylic acids is 1. The zero-order valence-corrected chi connectivity index (χ0v) is 15.7. The second-order valence-electron chi connectivity index (χ2n) is 6.14. The molecule has 0 unspecified atom stereocenters. The molecule has 6 nitrogen and oxygen atoms in total. The number of aryl methyl sites for hydroxylation is 4. The molecule has 1 aliphatic carbocycles. The first-order valence-electron chi connectivity index (χ1n) is 8.20. The highest BCUT2D eigenvalue weighted by atomic mass is 32.1. The number of fused-ring (bicyclic) bond motifs is 3. The van der Waals surface area contributed by atoms with E-state index in [0.29, 0.717) is 22.2 Å². The molecule has 0 saturated heterocycles. The van der Waals surface area contributed by atoms with Gasteiger partial charge in [-0.15, -0.1) is 22.7 Å². The fraction of sp³-hybridized carbons (Fsp3) is 0.412. The van der Waals surface area contributed by atoms with Gasteiger partial charge in [0.25, 0.3) is 0 Å². The molecule has 4 rings (SSSR count). The van der Waals surface area contributed by atoms with Crippen LogP contribution in [0.25, 0.3) is 10.2 Å². The monoisotopic (exact) mass is 374 g/mol. The molecule has 3 heterocycles. The maximum atomic E-state index is 12.2. The van der Waals surface area contributed by atoms with E-state index in [-0.39, 0.29) is 6.61 Å². The third-order valence-electron chi connectivity index (χ3n) is 4.31. The zero-order chi connectivity index (χ0) is 17.6. The van der Waals surface area contributed by atoms with Crippen LogP contribution in [0.2, 0.25) is 0 Å². The number of hydrogen-bond acceptors (Lipinski definition) is 8. The summed E-state index contributed by atoms with van der Waals surface area (Å²) < 4.78 is 5.37. The molecule has 0 saturated carbocycles. The molecule has 0 atom stereocenters. The van der Waals surface area contributed by atoms with Crippen molar-refractivity contribution in [3.8, 4) is 0 Å². The molecule has 3 aromatic rings. The first-order chi connectivity index (χ1) is 12.0. The number of ether oxygens (including phenoxy) is 1. The Labute approximate surface area is 153 Å². The van der Waals surface area contributed by atoms with E-state index >= 15 is 0 Å². The van der Waals surface area contributed by atoms with Crippen molar-refractivity contribution in [1.29, 1.82) is 0 Å². The Morgan fingerprint density at radius 1 is 1.16 bits per heavy atom. The molecule has 3 aromatic heterocycles. The van der Waals surface area contributed by atoms with Crippen LogP contribution < -0.4 is 5.73 Å². The minimum Gasteiger partial charge on any atom is -0.453 e. The third-order valence-corrected chi connectivity index (χ3v) is 6.55. The summed E-state index contributed by atoms with van der Waals surface area (Å²) in [5, 5.41) is 1.83. The number of anilines is 1. The number of nitrogens with zero attached hydrogens (tertiary/aromatic N) is 3. The predicted molar refractivity (Wildman–Crippen MR) is 99.2 cm³/mol. The molecule has 0 aromatic carbocycles. The number of nitrogen functional groups attached to an aromatic ring is 1. The van der Waals surface area contributed by atoms with E-state index in [1.165, 1.54) is 34.6 Å². The molecule has 0 amide bonds. The van der Waals surface area contributed by atoms with Gasteiger partial charge in [-0.1, -0.05) is 0 Å². The Balaban J connectivity index is 1.58. The molecule has 0 spiro atoms. The van der Waals surface area contributed by atoms with E-state index in [0.717, 1.165) is 28.1 Å². The first-order valence-corrected chi connectivity index (χ1v) is 9.84. The molecule has 0 bridgehead atoms. The van der Waals surface area contributed by atoms with Crippen LogP contribution in [0.4, 0.5) is 5.82 Å². The lowest BCUT2D eigenvalue weighted by Crippen LogP contribution is -2.08. The van der Waals surface area contributed by atoms with Gasteiger partial charge in [0.15, 0.2) is 12.4 Å². The number of esters is 1. The van der Waals surface area contributed by atoms with Gasteiger partial charge in [0.2, 0.25) is 0 Å². The van der Waals surface area contributed by atoms with Crippen LogP contribution in [-0.2, 0) is 24.2 Å². The Morgan fingerprint density at radius 3 is 2.72 bits per heavy atom. The van der Waals surface area contributed by atoms with Crippen molar-refractivity contribution >= 4 is 44.7 Å².